The third-order valence-electron chi connectivity index (χ3n) is 4.35. The second-order valence-corrected chi connectivity index (χ2v) is 8.41. The first kappa shape index (κ1) is 15.4. The predicted molar refractivity (Wildman–Crippen MR) is 82.5 cm³/mol. The molecule has 1 saturated heterocycles. The zero-order valence-electron chi connectivity index (χ0n) is 12.2. The van der Waals surface area contributed by atoms with Gasteiger partial charge in [0.05, 0.1) is 8.80 Å². The van der Waals surface area contributed by atoms with E-state index in [-0.39, 0.29) is 5.92 Å². The maximum absolute atomic E-state index is 14.3. The molecule has 1 fully saturated rings. The maximum atomic E-state index is 14.3. The molecule has 1 aliphatic heterocycles. The Morgan fingerprint density at radius 3 is 2.55 bits per heavy atom. The van der Waals surface area contributed by atoms with Crippen LogP contribution in [0.4, 0.5) is 8.78 Å². The van der Waals surface area contributed by atoms with Crippen molar-refractivity contribution in [3.05, 3.63) is 47.2 Å². The average molecular weight is 293 g/mol. The van der Waals surface area contributed by atoms with E-state index in [4.69, 9.17) is 0 Å². The monoisotopic (exact) mass is 293 g/mol. The fourth-order valence-corrected chi connectivity index (χ4v) is 5.08. The van der Waals surface area contributed by atoms with Crippen LogP contribution in [0.5, 0.6) is 0 Å². The van der Waals surface area contributed by atoms with Crippen molar-refractivity contribution in [1.29, 1.82) is 0 Å². The van der Waals surface area contributed by atoms with Crippen molar-refractivity contribution < 1.29 is 8.78 Å². The Morgan fingerprint density at radius 1 is 1.25 bits per heavy atom. The molecule has 2 rings (SSSR count). The van der Waals surface area contributed by atoms with Crippen LogP contribution in [0.25, 0.3) is 0 Å². The van der Waals surface area contributed by atoms with E-state index in [1.165, 1.54) is 0 Å². The lowest BCUT2D eigenvalue weighted by molar-refractivity contribution is 0.469. The number of aryl methyl sites for hydroxylation is 1. The number of unbranched alkanes of at least 4 members (excludes halogenated alkanes) is 1. The fraction of sp³-hybridized carbons (Fsp3) is 0.529. The van der Waals surface area contributed by atoms with Gasteiger partial charge in [-0.25, -0.2) is 8.78 Å². The summed E-state index contributed by atoms with van der Waals surface area (Å²) in [5.74, 6) is -1.02. The zero-order chi connectivity index (χ0) is 14.5. The molecule has 0 N–H and O–H groups in total. The van der Waals surface area contributed by atoms with Gasteiger partial charge in [-0.1, -0.05) is 37.6 Å². The largest absolute Gasteiger partial charge is 0.203 e. The van der Waals surface area contributed by atoms with Crippen molar-refractivity contribution in [3.63, 3.8) is 0 Å². The van der Waals surface area contributed by atoms with Crippen LogP contribution < -0.4 is 0 Å². The first-order chi connectivity index (χ1) is 9.67. The Morgan fingerprint density at radius 2 is 1.95 bits per heavy atom. The molecule has 1 radical (unpaired) electrons. The molecule has 0 unspecified atom stereocenters. The van der Waals surface area contributed by atoms with Crippen LogP contribution in [0.15, 0.2) is 24.4 Å². The molecule has 0 bridgehead atoms. The van der Waals surface area contributed by atoms with Gasteiger partial charge < -0.3 is 0 Å². The third-order valence-corrected chi connectivity index (χ3v) is 6.79. The van der Waals surface area contributed by atoms with Gasteiger partial charge in [-0.2, -0.15) is 0 Å². The summed E-state index contributed by atoms with van der Waals surface area (Å²) in [4.78, 5) is 0. The molecule has 20 heavy (non-hydrogen) atoms. The topological polar surface area (TPSA) is 0 Å². The minimum atomic E-state index is -0.615. The van der Waals surface area contributed by atoms with Gasteiger partial charge in [-0.3, -0.25) is 0 Å². The van der Waals surface area contributed by atoms with Gasteiger partial charge in [-0.05, 0) is 42.7 Å². The number of hydrogen-bond donors (Lipinski definition) is 0. The maximum Gasteiger partial charge on any atom is 0.162 e. The number of halogens is 2. The molecule has 1 aromatic carbocycles. The van der Waals surface area contributed by atoms with Gasteiger partial charge >= 0.3 is 0 Å². The minimum absolute atomic E-state index is 0.193. The molecule has 3 heteroatoms. The van der Waals surface area contributed by atoms with Gasteiger partial charge in [0, 0.05) is 0 Å². The SMILES string of the molecule is C=C[Si]1CCC(c2ccc(CCCC)c(F)c2F)CC1. The van der Waals surface area contributed by atoms with E-state index in [9.17, 15) is 8.78 Å². The highest BCUT2D eigenvalue weighted by Crippen LogP contribution is 2.36. The van der Waals surface area contributed by atoms with E-state index in [0.29, 0.717) is 17.5 Å². The molecule has 1 aromatic rings. The predicted octanol–water partition coefficient (Wildman–Crippen LogP) is 5.40. The second-order valence-electron chi connectivity index (χ2n) is 5.68. The highest BCUT2D eigenvalue weighted by Gasteiger charge is 2.25. The zero-order valence-corrected chi connectivity index (χ0v) is 13.2. The van der Waals surface area contributed by atoms with E-state index in [1.807, 2.05) is 6.07 Å². The number of hydrogen-bond acceptors (Lipinski definition) is 0. The molecular formula is C17H23F2Si. The standard InChI is InChI=1S/C17H23F2Si/c1-3-5-6-14-7-8-15(17(19)16(14)18)13-9-11-20(4-2)12-10-13/h4,7-8,13H,2-3,5-6,9-12H2,1H3. The van der Waals surface area contributed by atoms with Gasteiger partial charge in [-0.15, -0.1) is 12.3 Å². The number of rotatable bonds is 5. The highest BCUT2D eigenvalue weighted by molar-refractivity contribution is 6.64. The highest BCUT2D eigenvalue weighted by atomic mass is 28.3. The van der Waals surface area contributed by atoms with Crippen LogP contribution in [-0.4, -0.2) is 8.80 Å². The molecule has 0 atom stereocenters. The lowest BCUT2D eigenvalue weighted by Gasteiger charge is -2.26. The van der Waals surface area contributed by atoms with Crippen molar-refractivity contribution in [2.24, 2.45) is 0 Å². The summed E-state index contributed by atoms with van der Waals surface area (Å²) in [5, 5.41) is 0. The number of benzene rings is 1. The minimum Gasteiger partial charge on any atom is -0.203 e. The van der Waals surface area contributed by atoms with Crippen molar-refractivity contribution in [2.45, 2.75) is 57.0 Å². The summed E-state index contributed by atoms with van der Waals surface area (Å²) >= 11 is 0. The van der Waals surface area contributed by atoms with Crippen LogP contribution in [0, 0.1) is 11.6 Å². The van der Waals surface area contributed by atoms with E-state index in [0.717, 1.165) is 37.8 Å². The summed E-state index contributed by atoms with van der Waals surface area (Å²) in [7, 11) is -0.422. The summed E-state index contributed by atoms with van der Waals surface area (Å²) in [6, 6.07) is 5.88. The Kier molecular flexibility index (Phi) is 5.52. The molecule has 1 heterocycles. The fourth-order valence-electron chi connectivity index (χ4n) is 2.98. The molecule has 0 spiro atoms. The molecule has 109 valence electrons. The van der Waals surface area contributed by atoms with E-state index < -0.39 is 20.4 Å². The second kappa shape index (κ2) is 7.16. The summed E-state index contributed by atoms with van der Waals surface area (Å²) in [6.07, 6.45) is 4.49. The first-order valence-electron chi connectivity index (χ1n) is 7.61. The van der Waals surface area contributed by atoms with Crippen LogP contribution >= 0.6 is 0 Å². The van der Waals surface area contributed by atoms with Gasteiger partial charge in [0.15, 0.2) is 11.6 Å². The van der Waals surface area contributed by atoms with Crippen molar-refractivity contribution >= 4 is 8.80 Å². The van der Waals surface area contributed by atoms with E-state index in [2.05, 4.69) is 19.2 Å². The van der Waals surface area contributed by atoms with E-state index >= 15 is 0 Å². The molecule has 0 amide bonds. The van der Waals surface area contributed by atoms with Crippen LogP contribution in [0.2, 0.25) is 12.1 Å². The Labute approximate surface area is 122 Å². The van der Waals surface area contributed by atoms with Crippen molar-refractivity contribution in [3.8, 4) is 0 Å². The molecule has 0 nitrogen and oxygen atoms in total. The third kappa shape index (κ3) is 3.37. The Hall–Kier alpha value is -0.963. The Balaban J connectivity index is 2.13. The quantitative estimate of drug-likeness (QED) is 0.637. The molecular weight excluding hydrogens is 270 g/mol. The van der Waals surface area contributed by atoms with E-state index in [1.54, 1.807) is 6.07 Å². The van der Waals surface area contributed by atoms with Crippen LogP contribution in [0.1, 0.15) is 49.7 Å². The van der Waals surface area contributed by atoms with Crippen molar-refractivity contribution in [1.82, 2.24) is 0 Å². The molecule has 1 aliphatic rings. The van der Waals surface area contributed by atoms with Crippen LogP contribution in [-0.2, 0) is 6.42 Å². The lowest BCUT2D eigenvalue weighted by Crippen LogP contribution is -2.19. The molecule has 0 aromatic heterocycles. The lowest BCUT2D eigenvalue weighted by atomic mass is 9.91. The van der Waals surface area contributed by atoms with Gasteiger partial charge in [0.25, 0.3) is 0 Å². The van der Waals surface area contributed by atoms with Crippen molar-refractivity contribution in [2.75, 3.05) is 0 Å². The van der Waals surface area contributed by atoms with Gasteiger partial charge in [0.1, 0.15) is 0 Å². The summed E-state index contributed by atoms with van der Waals surface area (Å²) in [5.41, 5.74) is 3.21. The molecule has 0 saturated carbocycles. The summed E-state index contributed by atoms with van der Waals surface area (Å²) < 4.78 is 28.4. The average Bonchev–Trinajstić information content (AvgIpc) is 2.49. The smallest absolute Gasteiger partial charge is 0.162 e. The van der Waals surface area contributed by atoms with Crippen LogP contribution in [0.3, 0.4) is 0 Å². The van der Waals surface area contributed by atoms with Gasteiger partial charge in [0.2, 0.25) is 0 Å². The normalized spacial score (nSPS) is 17.4. The summed E-state index contributed by atoms with van der Waals surface area (Å²) in [6.45, 7) is 5.92. The molecule has 0 aliphatic carbocycles. The Bertz CT molecular complexity index is 462. The first-order valence-corrected chi connectivity index (χ1v) is 9.60.